The average molecular weight is 258 g/mol. The van der Waals surface area contributed by atoms with Crippen LogP contribution in [0.1, 0.15) is 10.4 Å². The third-order valence-electron chi connectivity index (χ3n) is 2.99. The number of aromatic hydroxyl groups is 1. The molecule has 3 nitrogen and oxygen atoms in total. The zero-order chi connectivity index (χ0) is 12.7. The predicted molar refractivity (Wildman–Crippen MR) is 72.3 cm³/mol. The van der Waals surface area contributed by atoms with E-state index in [1.54, 1.807) is 17.4 Å². The van der Waals surface area contributed by atoms with Gasteiger partial charge in [0.15, 0.2) is 0 Å². The zero-order valence-corrected chi connectivity index (χ0v) is 10.5. The minimum absolute atomic E-state index is 0.0108. The molecular formula is C14H10O3S. The summed E-state index contributed by atoms with van der Waals surface area (Å²) in [5, 5.41) is 14.5. The number of thiophene rings is 1. The number of phenolic OH excluding ortho intramolecular Hbond substituents is 1. The highest BCUT2D eigenvalue weighted by atomic mass is 32.1. The topological polar surface area (TPSA) is 46.5 Å². The van der Waals surface area contributed by atoms with Crippen LogP contribution in [0.2, 0.25) is 0 Å². The average Bonchev–Trinajstić information content (AvgIpc) is 2.88. The van der Waals surface area contributed by atoms with Crippen LogP contribution in [0.25, 0.3) is 20.9 Å². The van der Waals surface area contributed by atoms with Gasteiger partial charge in [0, 0.05) is 20.9 Å². The molecule has 0 atom stereocenters. The van der Waals surface area contributed by atoms with Crippen LogP contribution >= 0.6 is 11.3 Å². The fraction of sp³-hybridized carbons (Fsp3) is 0.0714. The number of fused-ring (bicyclic) bond motifs is 3. The molecule has 3 aromatic rings. The first-order valence-corrected chi connectivity index (χ1v) is 6.31. The number of rotatable bonds is 1. The lowest BCUT2D eigenvalue weighted by Gasteiger charge is -2.08. The van der Waals surface area contributed by atoms with Crippen molar-refractivity contribution in [1.29, 1.82) is 0 Å². The number of carbonyl (C=O) groups is 1. The fourth-order valence-corrected chi connectivity index (χ4v) is 3.12. The minimum atomic E-state index is -0.512. The minimum Gasteiger partial charge on any atom is -0.506 e. The lowest BCUT2D eigenvalue weighted by molar-refractivity contribution is 0.0600. The molecule has 1 aromatic heterocycles. The summed E-state index contributed by atoms with van der Waals surface area (Å²) in [4.78, 5) is 11.8. The van der Waals surface area contributed by atoms with Gasteiger partial charge in [-0.3, -0.25) is 0 Å². The summed E-state index contributed by atoms with van der Waals surface area (Å²) < 4.78 is 5.74. The van der Waals surface area contributed by atoms with E-state index in [4.69, 9.17) is 4.74 Å². The molecule has 0 saturated carbocycles. The molecule has 0 aliphatic rings. The van der Waals surface area contributed by atoms with E-state index in [0.29, 0.717) is 5.39 Å². The number of phenols is 1. The molecule has 0 aliphatic heterocycles. The highest BCUT2D eigenvalue weighted by molar-refractivity contribution is 7.18. The van der Waals surface area contributed by atoms with Crippen LogP contribution < -0.4 is 0 Å². The van der Waals surface area contributed by atoms with Gasteiger partial charge in [0.05, 0.1) is 7.11 Å². The normalized spacial score (nSPS) is 10.9. The van der Waals surface area contributed by atoms with Crippen LogP contribution in [0, 0.1) is 0 Å². The number of hydrogen-bond acceptors (Lipinski definition) is 4. The second-order valence-electron chi connectivity index (χ2n) is 3.92. The van der Waals surface area contributed by atoms with E-state index in [1.165, 1.54) is 7.11 Å². The Morgan fingerprint density at radius 3 is 2.61 bits per heavy atom. The quantitative estimate of drug-likeness (QED) is 0.679. The van der Waals surface area contributed by atoms with E-state index in [9.17, 15) is 9.90 Å². The van der Waals surface area contributed by atoms with E-state index in [0.717, 1.165) is 15.5 Å². The van der Waals surface area contributed by atoms with Crippen LogP contribution in [0.15, 0.2) is 35.7 Å². The SMILES string of the molecule is COC(=O)c1c(O)c2ccccc2c2sccc12. The molecule has 3 rings (SSSR count). The van der Waals surface area contributed by atoms with E-state index in [2.05, 4.69) is 0 Å². The standard InChI is InChI=1S/C14H10O3S/c1-17-14(16)11-10-6-7-18-13(10)9-5-3-2-4-8(9)12(11)15/h2-7,15H,1H3. The Morgan fingerprint density at radius 1 is 1.17 bits per heavy atom. The first kappa shape index (κ1) is 11.0. The maximum Gasteiger partial charge on any atom is 0.342 e. The van der Waals surface area contributed by atoms with Crippen molar-refractivity contribution in [3.63, 3.8) is 0 Å². The molecule has 2 aromatic carbocycles. The Labute approximate surface area is 107 Å². The Kier molecular flexibility index (Phi) is 2.45. The van der Waals surface area contributed by atoms with Gasteiger partial charge in [-0.25, -0.2) is 4.79 Å². The maximum absolute atomic E-state index is 11.8. The molecule has 90 valence electrons. The van der Waals surface area contributed by atoms with Crippen LogP contribution in [-0.4, -0.2) is 18.2 Å². The largest absolute Gasteiger partial charge is 0.506 e. The van der Waals surface area contributed by atoms with Gasteiger partial charge in [0.1, 0.15) is 11.3 Å². The molecule has 0 unspecified atom stereocenters. The number of ether oxygens (including phenoxy) is 1. The lowest BCUT2D eigenvalue weighted by atomic mass is 10.0. The molecular weight excluding hydrogens is 248 g/mol. The van der Waals surface area contributed by atoms with Crippen molar-refractivity contribution in [1.82, 2.24) is 0 Å². The van der Waals surface area contributed by atoms with Crippen molar-refractivity contribution < 1.29 is 14.6 Å². The summed E-state index contributed by atoms with van der Waals surface area (Å²) in [6.45, 7) is 0. The van der Waals surface area contributed by atoms with Crippen molar-refractivity contribution in [2.24, 2.45) is 0 Å². The van der Waals surface area contributed by atoms with Crippen LogP contribution in [-0.2, 0) is 4.74 Å². The Balaban J connectivity index is 2.56. The van der Waals surface area contributed by atoms with Gasteiger partial charge in [-0.1, -0.05) is 24.3 Å². The Morgan fingerprint density at radius 2 is 1.89 bits per heavy atom. The molecule has 0 aliphatic carbocycles. The molecule has 0 fully saturated rings. The highest BCUT2D eigenvalue weighted by Crippen LogP contribution is 2.39. The molecule has 0 radical (unpaired) electrons. The van der Waals surface area contributed by atoms with Crippen LogP contribution in [0.5, 0.6) is 5.75 Å². The molecule has 0 bridgehead atoms. The molecule has 18 heavy (non-hydrogen) atoms. The van der Waals surface area contributed by atoms with Crippen LogP contribution in [0.4, 0.5) is 0 Å². The van der Waals surface area contributed by atoms with Gasteiger partial charge in [-0.15, -0.1) is 11.3 Å². The maximum atomic E-state index is 11.8. The van der Waals surface area contributed by atoms with E-state index >= 15 is 0 Å². The fourth-order valence-electron chi connectivity index (χ4n) is 2.17. The molecule has 4 heteroatoms. The zero-order valence-electron chi connectivity index (χ0n) is 9.64. The van der Waals surface area contributed by atoms with E-state index < -0.39 is 5.97 Å². The van der Waals surface area contributed by atoms with Crippen molar-refractivity contribution in [3.05, 3.63) is 41.3 Å². The Bertz CT molecular complexity index is 758. The van der Waals surface area contributed by atoms with Crippen molar-refractivity contribution in [2.45, 2.75) is 0 Å². The van der Waals surface area contributed by atoms with Gasteiger partial charge < -0.3 is 9.84 Å². The van der Waals surface area contributed by atoms with Gasteiger partial charge in [0.2, 0.25) is 0 Å². The van der Waals surface area contributed by atoms with Gasteiger partial charge >= 0.3 is 5.97 Å². The summed E-state index contributed by atoms with van der Waals surface area (Å²) in [7, 11) is 1.31. The summed E-state index contributed by atoms with van der Waals surface area (Å²) in [6.07, 6.45) is 0. The Hall–Kier alpha value is -2.07. The summed E-state index contributed by atoms with van der Waals surface area (Å²) in [5.41, 5.74) is 0.243. The second-order valence-corrected chi connectivity index (χ2v) is 4.84. The number of methoxy groups -OCH3 is 1. The molecule has 0 spiro atoms. The highest BCUT2D eigenvalue weighted by Gasteiger charge is 2.20. The smallest absolute Gasteiger partial charge is 0.342 e. The number of benzene rings is 2. The van der Waals surface area contributed by atoms with Gasteiger partial charge in [-0.05, 0) is 11.4 Å². The third kappa shape index (κ3) is 1.39. The first-order chi connectivity index (χ1) is 8.74. The lowest BCUT2D eigenvalue weighted by Crippen LogP contribution is -2.02. The summed E-state index contributed by atoms with van der Waals surface area (Å²) in [5.74, 6) is -0.523. The predicted octanol–water partition coefficient (Wildman–Crippen LogP) is 3.55. The molecule has 1 heterocycles. The third-order valence-corrected chi connectivity index (χ3v) is 3.94. The summed E-state index contributed by atoms with van der Waals surface area (Å²) >= 11 is 1.55. The molecule has 0 saturated heterocycles. The van der Waals surface area contributed by atoms with E-state index in [-0.39, 0.29) is 11.3 Å². The number of carbonyl (C=O) groups excluding carboxylic acids is 1. The van der Waals surface area contributed by atoms with Crippen LogP contribution in [0.3, 0.4) is 0 Å². The van der Waals surface area contributed by atoms with Crippen molar-refractivity contribution in [2.75, 3.05) is 7.11 Å². The van der Waals surface area contributed by atoms with E-state index in [1.807, 2.05) is 29.6 Å². The monoisotopic (exact) mass is 258 g/mol. The first-order valence-electron chi connectivity index (χ1n) is 5.43. The van der Waals surface area contributed by atoms with Crippen molar-refractivity contribution in [3.8, 4) is 5.75 Å². The molecule has 1 N–H and O–H groups in total. The molecule has 0 amide bonds. The number of hydrogen-bond donors (Lipinski definition) is 1. The van der Waals surface area contributed by atoms with Gasteiger partial charge in [0.25, 0.3) is 0 Å². The van der Waals surface area contributed by atoms with Crippen molar-refractivity contribution >= 4 is 38.2 Å². The summed E-state index contributed by atoms with van der Waals surface area (Å²) in [6, 6.07) is 9.32. The number of esters is 1. The second kappa shape index (κ2) is 3.99. The van der Waals surface area contributed by atoms with Gasteiger partial charge in [-0.2, -0.15) is 0 Å².